The van der Waals surface area contributed by atoms with Gasteiger partial charge in [0.05, 0.1) is 12.1 Å². The molecule has 0 unspecified atom stereocenters. The molecule has 0 aliphatic heterocycles. The van der Waals surface area contributed by atoms with E-state index in [1.165, 1.54) is 19.2 Å². The molecule has 0 heterocycles. The average Bonchev–Trinajstić information content (AvgIpc) is 2.25. The van der Waals surface area contributed by atoms with Crippen molar-refractivity contribution in [2.75, 3.05) is 18.9 Å². The Labute approximate surface area is 105 Å². The Balaban J connectivity index is 2.95. The van der Waals surface area contributed by atoms with E-state index in [-0.39, 0.29) is 18.1 Å². The second-order valence-electron chi connectivity index (χ2n) is 3.21. The quantitative estimate of drug-likeness (QED) is 0.901. The van der Waals surface area contributed by atoms with Gasteiger partial charge >= 0.3 is 6.18 Å². The van der Waals surface area contributed by atoms with Gasteiger partial charge in [0.1, 0.15) is 0 Å². The molecule has 1 amide bonds. The van der Waals surface area contributed by atoms with Crippen molar-refractivity contribution in [3.05, 3.63) is 28.2 Å². The van der Waals surface area contributed by atoms with E-state index in [1.54, 1.807) is 0 Å². The minimum Gasteiger partial charge on any atom is -0.376 e. The lowest BCUT2D eigenvalue weighted by atomic mass is 10.1. The normalized spacial score (nSPS) is 11.1. The Morgan fingerprint density at radius 3 is 2.59 bits per heavy atom. The molecule has 94 valence electrons. The summed E-state index contributed by atoms with van der Waals surface area (Å²) >= 11 is 2.98. The molecule has 0 spiro atoms. The number of halogens is 4. The molecule has 7 heteroatoms. The van der Waals surface area contributed by atoms with Crippen molar-refractivity contribution < 1.29 is 18.0 Å². The van der Waals surface area contributed by atoms with Crippen LogP contribution in [-0.2, 0) is 11.0 Å². The smallest absolute Gasteiger partial charge is 0.376 e. The number of rotatable bonds is 3. The zero-order valence-electron chi connectivity index (χ0n) is 8.86. The Morgan fingerprint density at radius 1 is 1.41 bits per heavy atom. The first-order valence-electron chi connectivity index (χ1n) is 4.66. The van der Waals surface area contributed by atoms with Crippen molar-refractivity contribution in [2.45, 2.75) is 6.18 Å². The molecule has 0 saturated heterocycles. The van der Waals surface area contributed by atoms with Gasteiger partial charge in [-0.15, -0.1) is 0 Å². The summed E-state index contributed by atoms with van der Waals surface area (Å²) in [4.78, 5) is 10.9. The Kier molecular flexibility index (Phi) is 4.39. The zero-order chi connectivity index (χ0) is 13.1. The van der Waals surface area contributed by atoms with Gasteiger partial charge in [-0.2, -0.15) is 13.2 Å². The maximum absolute atomic E-state index is 12.7. The molecule has 0 aliphatic rings. The maximum Gasteiger partial charge on any atom is 0.418 e. The number of hydrogen-bond donors (Lipinski definition) is 2. The molecule has 0 fully saturated rings. The highest BCUT2D eigenvalue weighted by molar-refractivity contribution is 9.10. The molecule has 0 aliphatic carbocycles. The molecular weight excluding hydrogens is 301 g/mol. The number of carbonyl (C=O) groups excluding carboxylic acids is 1. The predicted octanol–water partition coefficient (Wildman–Crippen LogP) is 2.63. The summed E-state index contributed by atoms with van der Waals surface area (Å²) in [5, 5.41) is 4.76. The van der Waals surface area contributed by atoms with Gasteiger partial charge in [0.15, 0.2) is 0 Å². The molecule has 1 rings (SSSR count). The molecule has 0 atom stereocenters. The van der Waals surface area contributed by atoms with Crippen LogP contribution < -0.4 is 10.6 Å². The van der Waals surface area contributed by atoms with Crippen LogP contribution in [0.4, 0.5) is 18.9 Å². The van der Waals surface area contributed by atoms with Gasteiger partial charge in [-0.05, 0) is 18.2 Å². The van der Waals surface area contributed by atoms with E-state index in [2.05, 4.69) is 26.6 Å². The fourth-order valence-electron chi connectivity index (χ4n) is 1.17. The Hall–Kier alpha value is -1.24. The van der Waals surface area contributed by atoms with Crippen LogP contribution in [0, 0.1) is 0 Å². The SMILES string of the molecule is CNC(=O)CNc1ccc(Br)cc1C(F)(F)F. The van der Waals surface area contributed by atoms with Gasteiger partial charge in [0.25, 0.3) is 0 Å². The maximum atomic E-state index is 12.7. The molecule has 1 aromatic rings. The summed E-state index contributed by atoms with van der Waals surface area (Å²) in [6.07, 6.45) is -4.46. The molecule has 1 aromatic carbocycles. The van der Waals surface area contributed by atoms with Gasteiger partial charge in [0, 0.05) is 17.2 Å². The van der Waals surface area contributed by atoms with Gasteiger partial charge in [0.2, 0.25) is 5.91 Å². The van der Waals surface area contributed by atoms with Crippen LogP contribution in [-0.4, -0.2) is 19.5 Å². The van der Waals surface area contributed by atoms with Crippen molar-refractivity contribution in [3.63, 3.8) is 0 Å². The van der Waals surface area contributed by atoms with Crippen molar-refractivity contribution in [3.8, 4) is 0 Å². The standard InChI is InChI=1S/C10H10BrF3N2O/c1-15-9(17)5-16-8-3-2-6(11)4-7(8)10(12,13)14/h2-4,16H,5H2,1H3,(H,15,17). The zero-order valence-corrected chi connectivity index (χ0v) is 10.4. The fourth-order valence-corrected chi connectivity index (χ4v) is 1.53. The highest BCUT2D eigenvalue weighted by Crippen LogP contribution is 2.36. The van der Waals surface area contributed by atoms with Gasteiger partial charge < -0.3 is 10.6 Å². The van der Waals surface area contributed by atoms with E-state index in [1.807, 2.05) is 0 Å². The van der Waals surface area contributed by atoms with Crippen molar-refractivity contribution in [1.82, 2.24) is 5.32 Å². The summed E-state index contributed by atoms with van der Waals surface area (Å²) in [5.41, 5.74) is -0.930. The first-order chi connectivity index (χ1) is 7.84. The van der Waals surface area contributed by atoms with Crippen LogP contribution in [0.3, 0.4) is 0 Å². The number of benzene rings is 1. The lowest BCUT2D eigenvalue weighted by Crippen LogP contribution is -2.27. The van der Waals surface area contributed by atoms with E-state index in [0.717, 1.165) is 6.07 Å². The summed E-state index contributed by atoms with van der Waals surface area (Å²) in [6, 6.07) is 3.71. The van der Waals surface area contributed by atoms with Gasteiger partial charge in [-0.25, -0.2) is 0 Å². The number of anilines is 1. The topological polar surface area (TPSA) is 41.1 Å². The van der Waals surface area contributed by atoms with E-state index in [4.69, 9.17) is 0 Å². The fraction of sp³-hybridized carbons (Fsp3) is 0.300. The molecule has 17 heavy (non-hydrogen) atoms. The third-order valence-corrected chi connectivity index (χ3v) is 2.50. The number of likely N-dealkylation sites (N-methyl/N-ethyl adjacent to an activating group) is 1. The number of carbonyl (C=O) groups is 1. The Morgan fingerprint density at radius 2 is 2.06 bits per heavy atom. The molecule has 0 radical (unpaired) electrons. The number of hydrogen-bond acceptors (Lipinski definition) is 2. The lowest BCUT2D eigenvalue weighted by molar-refractivity contribution is -0.137. The third-order valence-electron chi connectivity index (χ3n) is 2.01. The van der Waals surface area contributed by atoms with Crippen LogP contribution in [0.2, 0.25) is 0 Å². The van der Waals surface area contributed by atoms with Crippen LogP contribution in [0.25, 0.3) is 0 Å². The van der Waals surface area contributed by atoms with Crippen molar-refractivity contribution >= 4 is 27.5 Å². The lowest BCUT2D eigenvalue weighted by Gasteiger charge is -2.14. The van der Waals surface area contributed by atoms with E-state index < -0.39 is 11.7 Å². The minimum absolute atomic E-state index is 0.121. The van der Waals surface area contributed by atoms with Crippen LogP contribution in [0.15, 0.2) is 22.7 Å². The number of alkyl halides is 3. The third kappa shape index (κ3) is 3.92. The number of amides is 1. The molecular formula is C10H10BrF3N2O. The first kappa shape index (κ1) is 13.8. The molecule has 0 bridgehead atoms. The van der Waals surface area contributed by atoms with Crippen molar-refractivity contribution in [2.24, 2.45) is 0 Å². The summed E-state index contributed by atoms with van der Waals surface area (Å²) in [7, 11) is 1.41. The largest absolute Gasteiger partial charge is 0.418 e. The molecule has 3 nitrogen and oxygen atoms in total. The highest BCUT2D eigenvalue weighted by Gasteiger charge is 2.33. The molecule has 0 saturated carbocycles. The van der Waals surface area contributed by atoms with Crippen molar-refractivity contribution in [1.29, 1.82) is 0 Å². The van der Waals surface area contributed by atoms with Gasteiger partial charge in [-0.3, -0.25) is 4.79 Å². The monoisotopic (exact) mass is 310 g/mol. The summed E-state index contributed by atoms with van der Waals surface area (Å²) < 4.78 is 38.3. The summed E-state index contributed by atoms with van der Waals surface area (Å²) in [5.74, 6) is -0.388. The summed E-state index contributed by atoms with van der Waals surface area (Å²) in [6.45, 7) is -0.207. The molecule has 2 N–H and O–H groups in total. The van der Waals surface area contributed by atoms with E-state index in [9.17, 15) is 18.0 Å². The first-order valence-corrected chi connectivity index (χ1v) is 5.45. The Bertz CT molecular complexity index is 421. The second-order valence-corrected chi connectivity index (χ2v) is 4.13. The second kappa shape index (κ2) is 5.39. The average molecular weight is 311 g/mol. The van der Waals surface area contributed by atoms with E-state index in [0.29, 0.717) is 4.47 Å². The minimum atomic E-state index is -4.46. The van der Waals surface area contributed by atoms with E-state index >= 15 is 0 Å². The van der Waals surface area contributed by atoms with Crippen LogP contribution in [0.1, 0.15) is 5.56 Å². The van der Waals surface area contributed by atoms with Crippen LogP contribution in [0.5, 0.6) is 0 Å². The van der Waals surface area contributed by atoms with Crippen LogP contribution >= 0.6 is 15.9 Å². The highest BCUT2D eigenvalue weighted by atomic mass is 79.9. The van der Waals surface area contributed by atoms with Gasteiger partial charge in [-0.1, -0.05) is 15.9 Å². The molecule has 0 aromatic heterocycles. The number of nitrogens with one attached hydrogen (secondary N) is 2. The predicted molar refractivity (Wildman–Crippen MR) is 61.7 cm³/mol.